The predicted octanol–water partition coefficient (Wildman–Crippen LogP) is 0.874. The third-order valence-corrected chi connectivity index (χ3v) is 4.74. The summed E-state index contributed by atoms with van der Waals surface area (Å²) in [5.74, 6) is -1.33. The van der Waals surface area contributed by atoms with E-state index in [2.05, 4.69) is 28.2 Å². The van der Waals surface area contributed by atoms with Gasteiger partial charge in [0.25, 0.3) is 17.4 Å². The first-order valence-corrected chi connectivity index (χ1v) is 9.88. The Morgan fingerprint density at radius 3 is 2.52 bits per heavy atom. The van der Waals surface area contributed by atoms with Crippen LogP contribution in [0.5, 0.6) is 0 Å². The van der Waals surface area contributed by atoms with Crippen molar-refractivity contribution in [2.45, 2.75) is 45.6 Å². The van der Waals surface area contributed by atoms with Crippen molar-refractivity contribution >= 4 is 28.5 Å². The lowest BCUT2D eigenvalue weighted by molar-refractivity contribution is -0.127. The van der Waals surface area contributed by atoms with Gasteiger partial charge in [0.1, 0.15) is 0 Å². The fourth-order valence-electron chi connectivity index (χ4n) is 2.95. The average molecular weight is 399 g/mol. The summed E-state index contributed by atoms with van der Waals surface area (Å²) in [7, 11) is 0. The normalized spacial score (nSPS) is 13.1. The van der Waals surface area contributed by atoms with Crippen LogP contribution >= 0.6 is 0 Å². The van der Waals surface area contributed by atoms with Gasteiger partial charge in [-0.2, -0.15) is 5.10 Å². The Bertz CT molecular complexity index is 980. The topological polar surface area (TPSA) is 122 Å². The number of carbonyl (C=O) groups is 3. The second-order valence-corrected chi connectivity index (χ2v) is 7.12. The van der Waals surface area contributed by atoms with E-state index in [-0.39, 0.29) is 29.6 Å². The summed E-state index contributed by atoms with van der Waals surface area (Å²) in [5.41, 5.74) is 4.38. The maximum absolute atomic E-state index is 12.6. The monoisotopic (exact) mass is 399 g/mol. The molecule has 0 atom stereocenters. The number of carbonyl (C=O) groups excluding carboxylic acids is 3. The zero-order valence-electron chi connectivity index (χ0n) is 16.4. The van der Waals surface area contributed by atoms with Crippen LogP contribution in [0, 0.1) is 5.92 Å². The van der Waals surface area contributed by atoms with E-state index in [0.29, 0.717) is 17.3 Å². The van der Waals surface area contributed by atoms with Gasteiger partial charge in [-0.25, -0.2) is 4.68 Å². The molecule has 1 aliphatic rings. The van der Waals surface area contributed by atoms with Crippen LogP contribution in [0.1, 0.15) is 49.5 Å². The summed E-state index contributed by atoms with van der Waals surface area (Å²) in [4.78, 5) is 48.7. The number of benzene rings is 1. The smallest absolute Gasteiger partial charge is 0.290 e. The van der Waals surface area contributed by atoms with Crippen molar-refractivity contribution in [3.63, 3.8) is 0 Å². The zero-order valence-corrected chi connectivity index (χ0v) is 16.4. The van der Waals surface area contributed by atoms with Gasteiger partial charge in [-0.15, -0.1) is 0 Å². The lowest BCUT2D eigenvalue weighted by Crippen LogP contribution is -2.47. The highest BCUT2D eigenvalue weighted by Crippen LogP contribution is 2.28. The number of amides is 3. The molecule has 0 aliphatic heterocycles. The van der Waals surface area contributed by atoms with Crippen molar-refractivity contribution in [3.05, 3.63) is 40.3 Å². The van der Waals surface area contributed by atoms with Gasteiger partial charge in [-0.1, -0.05) is 38.0 Å². The number of aryl methyl sites for hydroxylation is 1. The number of nitrogens with zero attached hydrogens (tertiary/aromatic N) is 2. The molecule has 2 aromatic rings. The number of aromatic nitrogens is 2. The number of rotatable bonds is 8. The minimum atomic E-state index is -0.632. The Kier molecular flexibility index (Phi) is 6.58. The highest BCUT2D eigenvalue weighted by Gasteiger charge is 2.29. The molecule has 1 aromatic carbocycles. The molecule has 9 heteroatoms. The van der Waals surface area contributed by atoms with E-state index < -0.39 is 11.8 Å². The summed E-state index contributed by atoms with van der Waals surface area (Å²) in [6.45, 7) is 2.25. The minimum Gasteiger partial charge on any atom is -0.347 e. The van der Waals surface area contributed by atoms with E-state index in [9.17, 15) is 19.2 Å². The minimum absolute atomic E-state index is 0.00159. The van der Waals surface area contributed by atoms with Crippen molar-refractivity contribution in [2.75, 3.05) is 6.54 Å². The van der Waals surface area contributed by atoms with Gasteiger partial charge in [0.05, 0.1) is 11.9 Å². The van der Waals surface area contributed by atoms with Crippen molar-refractivity contribution < 1.29 is 14.4 Å². The van der Waals surface area contributed by atoms with Gasteiger partial charge in [0.15, 0.2) is 5.69 Å². The van der Waals surface area contributed by atoms with E-state index >= 15 is 0 Å². The van der Waals surface area contributed by atoms with Crippen LogP contribution in [0.3, 0.4) is 0 Å². The SMILES string of the molecule is CCCCCn1nc(C(=O)NNC(=O)CNC(=O)C2CC2)c2ccccc2c1=O. The Labute approximate surface area is 167 Å². The molecule has 1 saturated carbocycles. The van der Waals surface area contributed by atoms with Crippen molar-refractivity contribution in [1.82, 2.24) is 25.9 Å². The van der Waals surface area contributed by atoms with E-state index in [0.717, 1.165) is 32.1 Å². The quantitative estimate of drug-likeness (QED) is 0.449. The van der Waals surface area contributed by atoms with Crippen LogP contribution in [0.4, 0.5) is 0 Å². The molecule has 0 bridgehead atoms. The number of unbranched alkanes of at least 4 members (excludes halogenated alkanes) is 2. The van der Waals surface area contributed by atoms with Crippen LogP contribution in [0.15, 0.2) is 29.1 Å². The Hall–Kier alpha value is -3.23. The molecule has 0 saturated heterocycles. The van der Waals surface area contributed by atoms with E-state index in [1.165, 1.54) is 4.68 Å². The fraction of sp³-hybridized carbons (Fsp3) is 0.450. The first-order chi connectivity index (χ1) is 14.0. The third-order valence-electron chi connectivity index (χ3n) is 4.74. The van der Waals surface area contributed by atoms with E-state index in [1.54, 1.807) is 24.3 Å². The summed E-state index contributed by atoms with van der Waals surface area (Å²) >= 11 is 0. The standard InChI is InChI=1S/C20H25N5O4/c1-2-3-6-11-25-20(29)15-8-5-4-7-14(15)17(24-25)19(28)23-22-16(26)12-21-18(27)13-9-10-13/h4-5,7-8,13H,2-3,6,9-12H2,1H3,(H,21,27)(H,22,26)(H,23,28). The summed E-state index contributed by atoms with van der Waals surface area (Å²) in [5, 5.41) is 7.56. The van der Waals surface area contributed by atoms with Crippen molar-refractivity contribution in [3.8, 4) is 0 Å². The molecule has 1 heterocycles. The molecule has 0 radical (unpaired) electrons. The second kappa shape index (κ2) is 9.31. The molecule has 1 aliphatic carbocycles. The molecule has 3 amide bonds. The Morgan fingerprint density at radius 1 is 1.10 bits per heavy atom. The average Bonchev–Trinajstić information content (AvgIpc) is 3.57. The molecule has 9 nitrogen and oxygen atoms in total. The molecular formula is C20H25N5O4. The lowest BCUT2D eigenvalue weighted by atomic mass is 10.1. The molecular weight excluding hydrogens is 374 g/mol. The Morgan fingerprint density at radius 2 is 1.83 bits per heavy atom. The van der Waals surface area contributed by atoms with Gasteiger partial charge >= 0.3 is 0 Å². The predicted molar refractivity (Wildman–Crippen MR) is 107 cm³/mol. The number of hydrogen-bond donors (Lipinski definition) is 3. The van der Waals surface area contributed by atoms with Crippen molar-refractivity contribution in [1.29, 1.82) is 0 Å². The molecule has 0 unspecified atom stereocenters. The molecule has 1 aromatic heterocycles. The highest BCUT2D eigenvalue weighted by molar-refractivity contribution is 6.05. The van der Waals surface area contributed by atoms with Crippen LogP contribution in [0.2, 0.25) is 0 Å². The number of nitrogens with one attached hydrogen (secondary N) is 3. The largest absolute Gasteiger partial charge is 0.347 e. The molecule has 154 valence electrons. The zero-order chi connectivity index (χ0) is 20.8. The first kappa shape index (κ1) is 20.5. The van der Waals surface area contributed by atoms with Gasteiger partial charge in [0, 0.05) is 17.8 Å². The maximum atomic E-state index is 12.6. The molecule has 3 N–H and O–H groups in total. The second-order valence-electron chi connectivity index (χ2n) is 7.12. The number of fused-ring (bicyclic) bond motifs is 1. The van der Waals surface area contributed by atoms with Crippen LogP contribution in [0.25, 0.3) is 10.8 Å². The number of hydrogen-bond acceptors (Lipinski definition) is 5. The van der Waals surface area contributed by atoms with Crippen molar-refractivity contribution in [2.24, 2.45) is 5.92 Å². The van der Waals surface area contributed by atoms with E-state index in [4.69, 9.17) is 0 Å². The highest BCUT2D eigenvalue weighted by atomic mass is 16.2. The summed E-state index contributed by atoms with van der Waals surface area (Å²) in [6.07, 6.45) is 4.41. The number of hydrazine groups is 1. The van der Waals surface area contributed by atoms with Crippen LogP contribution in [-0.4, -0.2) is 34.0 Å². The maximum Gasteiger partial charge on any atom is 0.290 e. The Balaban J connectivity index is 1.70. The third kappa shape index (κ3) is 5.18. The fourth-order valence-corrected chi connectivity index (χ4v) is 2.95. The summed E-state index contributed by atoms with van der Waals surface area (Å²) in [6, 6.07) is 6.74. The van der Waals surface area contributed by atoms with Gasteiger partial charge in [-0.3, -0.25) is 30.0 Å². The molecule has 29 heavy (non-hydrogen) atoms. The molecule has 3 rings (SSSR count). The summed E-state index contributed by atoms with van der Waals surface area (Å²) < 4.78 is 1.30. The van der Waals surface area contributed by atoms with Gasteiger partial charge < -0.3 is 5.32 Å². The van der Waals surface area contributed by atoms with Gasteiger partial charge in [0.2, 0.25) is 5.91 Å². The first-order valence-electron chi connectivity index (χ1n) is 9.88. The van der Waals surface area contributed by atoms with E-state index in [1.807, 2.05) is 0 Å². The molecule has 0 spiro atoms. The van der Waals surface area contributed by atoms with Gasteiger partial charge in [-0.05, 0) is 25.3 Å². The van der Waals surface area contributed by atoms with Crippen LogP contribution in [-0.2, 0) is 16.1 Å². The lowest BCUT2D eigenvalue weighted by Gasteiger charge is -2.12. The molecule has 1 fully saturated rings. The van der Waals surface area contributed by atoms with Crippen LogP contribution < -0.4 is 21.7 Å².